The number of hydrogen-bond donors (Lipinski definition) is 1. The number of alkyl halides is 3. The highest BCUT2D eigenvalue weighted by molar-refractivity contribution is 7.08. The van der Waals surface area contributed by atoms with E-state index in [-0.39, 0.29) is 35.6 Å². The first-order valence-electron chi connectivity index (χ1n) is 11.4. The minimum absolute atomic E-state index is 0.0303. The van der Waals surface area contributed by atoms with Crippen molar-refractivity contribution in [2.45, 2.75) is 25.9 Å². The first-order chi connectivity index (χ1) is 18.0. The number of carboxylic acids is 1. The molecule has 1 fully saturated rings. The van der Waals surface area contributed by atoms with E-state index in [1.54, 1.807) is 13.0 Å². The van der Waals surface area contributed by atoms with Crippen LogP contribution in [0.25, 0.3) is 16.2 Å². The zero-order valence-corrected chi connectivity index (χ0v) is 20.6. The van der Waals surface area contributed by atoms with Gasteiger partial charge in [-0.15, -0.1) is 0 Å². The fraction of sp³-hybridized carbons (Fsp3) is 0.292. The molecule has 1 saturated heterocycles. The SMILES string of the molecule is Cc1cc(N2CC(C(=O)CCc3ccc(C(F)(F)F)cn3)C2)nc2c1c(=O)c(C(=O)O)cn2-c1ncns1. The Balaban J connectivity index is 1.33. The molecule has 10 nitrogen and oxygen atoms in total. The van der Waals surface area contributed by atoms with Crippen molar-refractivity contribution in [2.75, 3.05) is 18.0 Å². The van der Waals surface area contributed by atoms with Crippen molar-refractivity contribution in [3.05, 3.63) is 69.5 Å². The lowest BCUT2D eigenvalue weighted by atomic mass is 9.91. The Morgan fingerprint density at radius 3 is 2.58 bits per heavy atom. The monoisotopic (exact) mass is 544 g/mol. The van der Waals surface area contributed by atoms with Crippen molar-refractivity contribution >= 4 is 40.1 Å². The smallest absolute Gasteiger partial charge is 0.417 e. The van der Waals surface area contributed by atoms with Gasteiger partial charge in [0.15, 0.2) is 5.65 Å². The second-order valence-corrected chi connectivity index (χ2v) is 9.63. The molecular weight excluding hydrogens is 525 g/mol. The Morgan fingerprint density at radius 1 is 1.21 bits per heavy atom. The summed E-state index contributed by atoms with van der Waals surface area (Å²) in [5.74, 6) is -1.15. The van der Waals surface area contributed by atoms with Crippen LogP contribution in [0.2, 0.25) is 0 Å². The van der Waals surface area contributed by atoms with E-state index < -0.39 is 28.7 Å². The average molecular weight is 545 g/mol. The van der Waals surface area contributed by atoms with Gasteiger partial charge in [0.05, 0.1) is 16.9 Å². The van der Waals surface area contributed by atoms with Gasteiger partial charge in [0.1, 0.15) is 23.5 Å². The highest BCUT2D eigenvalue weighted by Crippen LogP contribution is 2.30. The van der Waals surface area contributed by atoms with E-state index in [1.807, 2.05) is 4.90 Å². The Labute approximate surface area is 216 Å². The molecule has 5 rings (SSSR count). The van der Waals surface area contributed by atoms with E-state index in [9.17, 15) is 32.7 Å². The van der Waals surface area contributed by atoms with Crippen LogP contribution in [0, 0.1) is 12.8 Å². The van der Waals surface area contributed by atoms with Crippen LogP contribution in [0.1, 0.15) is 33.6 Å². The predicted octanol–water partition coefficient (Wildman–Crippen LogP) is 3.30. The number of rotatable bonds is 7. The molecule has 0 aromatic carbocycles. The standard InChI is InChI=1S/C24H19F3N6O4S/c1-12-6-18(31-21-19(12)20(35)16(22(36)37)10-33(21)23-29-11-30-38-23)32-8-13(9-32)17(34)5-4-15-3-2-14(7-28-15)24(25,26)27/h2-3,6-7,10-11,13H,4-5,8-9H2,1H3,(H,36,37). The molecule has 5 heterocycles. The van der Waals surface area contributed by atoms with Crippen molar-refractivity contribution in [3.63, 3.8) is 0 Å². The molecule has 0 bridgehead atoms. The van der Waals surface area contributed by atoms with Crippen LogP contribution in [-0.4, -0.2) is 53.8 Å². The maximum Gasteiger partial charge on any atom is 0.417 e. The number of fused-ring (bicyclic) bond motifs is 1. The Morgan fingerprint density at radius 2 is 1.97 bits per heavy atom. The zero-order chi connectivity index (χ0) is 27.2. The van der Waals surface area contributed by atoms with E-state index in [1.165, 1.54) is 23.2 Å². The van der Waals surface area contributed by atoms with Crippen molar-refractivity contribution in [1.82, 2.24) is 23.9 Å². The van der Waals surface area contributed by atoms with Gasteiger partial charge in [-0.1, -0.05) is 0 Å². The third kappa shape index (κ3) is 4.74. The molecule has 4 aromatic rings. The van der Waals surface area contributed by atoms with Gasteiger partial charge < -0.3 is 10.0 Å². The summed E-state index contributed by atoms with van der Waals surface area (Å²) in [6.45, 7) is 2.45. The first-order valence-corrected chi connectivity index (χ1v) is 12.2. The summed E-state index contributed by atoms with van der Waals surface area (Å²) in [6.07, 6.45) is -0.819. The van der Waals surface area contributed by atoms with Gasteiger partial charge in [-0.25, -0.2) is 14.8 Å². The lowest BCUT2D eigenvalue weighted by Crippen LogP contribution is -2.51. The topological polar surface area (TPSA) is 131 Å². The van der Waals surface area contributed by atoms with E-state index in [0.29, 0.717) is 35.3 Å². The predicted molar refractivity (Wildman–Crippen MR) is 131 cm³/mol. The Bertz CT molecular complexity index is 1600. The molecule has 0 spiro atoms. The molecule has 0 atom stereocenters. The molecule has 0 aliphatic carbocycles. The molecule has 4 aromatic heterocycles. The molecule has 38 heavy (non-hydrogen) atoms. The second-order valence-electron chi connectivity index (χ2n) is 8.87. The molecular formula is C24H19F3N6O4S. The van der Waals surface area contributed by atoms with E-state index in [0.717, 1.165) is 23.8 Å². The van der Waals surface area contributed by atoms with Gasteiger partial charge >= 0.3 is 12.1 Å². The van der Waals surface area contributed by atoms with Crippen LogP contribution < -0.4 is 10.3 Å². The fourth-order valence-electron chi connectivity index (χ4n) is 4.28. The van der Waals surface area contributed by atoms with Crippen molar-refractivity contribution in [3.8, 4) is 5.13 Å². The molecule has 1 aliphatic rings. The number of halogens is 3. The summed E-state index contributed by atoms with van der Waals surface area (Å²) in [6, 6.07) is 3.90. The number of carboxylic acid groups (broad SMARTS) is 1. The number of carbonyl (C=O) groups excluding carboxylic acids is 1. The number of hydrogen-bond acceptors (Lipinski definition) is 9. The summed E-state index contributed by atoms with van der Waals surface area (Å²) >= 11 is 1.01. The number of ketones is 1. The highest BCUT2D eigenvalue weighted by Gasteiger charge is 2.34. The number of carbonyl (C=O) groups is 2. The van der Waals surface area contributed by atoms with Crippen LogP contribution in [0.15, 0.2) is 41.7 Å². The van der Waals surface area contributed by atoms with Crippen LogP contribution in [0.3, 0.4) is 0 Å². The highest BCUT2D eigenvalue weighted by atomic mass is 32.1. The summed E-state index contributed by atoms with van der Waals surface area (Å²) in [7, 11) is 0. The van der Waals surface area contributed by atoms with E-state index in [4.69, 9.17) is 0 Å². The van der Waals surface area contributed by atoms with Gasteiger partial charge in [0, 0.05) is 49.1 Å². The van der Waals surface area contributed by atoms with Gasteiger partial charge in [-0.2, -0.15) is 17.5 Å². The molecule has 196 valence electrons. The number of aromatic nitrogens is 5. The van der Waals surface area contributed by atoms with E-state index in [2.05, 4.69) is 19.3 Å². The fourth-order valence-corrected chi connectivity index (χ4v) is 4.79. The van der Waals surface area contributed by atoms with Gasteiger partial charge in [0.25, 0.3) is 0 Å². The molecule has 0 saturated carbocycles. The minimum Gasteiger partial charge on any atom is -0.477 e. The lowest BCUT2D eigenvalue weighted by molar-refractivity contribution is -0.137. The number of nitrogens with zero attached hydrogens (tertiary/aromatic N) is 6. The van der Waals surface area contributed by atoms with Gasteiger partial charge in [-0.3, -0.25) is 19.1 Å². The number of aromatic carboxylic acids is 1. The molecule has 0 amide bonds. The largest absolute Gasteiger partial charge is 0.477 e. The molecule has 1 aliphatic heterocycles. The van der Waals surface area contributed by atoms with Crippen LogP contribution in [0.5, 0.6) is 0 Å². The lowest BCUT2D eigenvalue weighted by Gasteiger charge is -2.39. The second kappa shape index (κ2) is 9.59. The van der Waals surface area contributed by atoms with E-state index >= 15 is 0 Å². The molecule has 0 unspecified atom stereocenters. The summed E-state index contributed by atoms with van der Waals surface area (Å²) in [4.78, 5) is 51.6. The van der Waals surface area contributed by atoms with Gasteiger partial charge in [-0.05, 0) is 37.1 Å². The summed E-state index contributed by atoms with van der Waals surface area (Å²) in [5.41, 5.74) is -0.740. The van der Waals surface area contributed by atoms with Crippen LogP contribution in [-0.2, 0) is 17.4 Å². The molecule has 14 heteroatoms. The number of Topliss-reactive ketones (excluding diaryl/α,β-unsaturated/α-hetero) is 1. The first kappa shape index (κ1) is 25.4. The maximum atomic E-state index is 12.9. The average Bonchev–Trinajstić information content (AvgIpc) is 3.36. The Hall–Kier alpha value is -4.20. The normalized spacial score (nSPS) is 14.1. The van der Waals surface area contributed by atoms with Gasteiger partial charge in [0.2, 0.25) is 10.6 Å². The van der Waals surface area contributed by atoms with Crippen molar-refractivity contribution in [2.24, 2.45) is 5.92 Å². The zero-order valence-electron chi connectivity index (χ0n) is 19.8. The number of aryl methyl sites for hydroxylation is 2. The quantitative estimate of drug-likeness (QED) is 0.372. The number of pyridine rings is 3. The summed E-state index contributed by atoms with van der Waals surface area (Å²) < 4.78 is 43.5. The Kier molecular flexibility index (Phi) is 6.42. The van der Waals surface area contributed by atoms with Crippen LogP contribution >= 0.6 is 11.5 Å². The minimum atomic E-state index is -4.46. The van der Waals surface area contributed by atoms with Crippen LogP contribution in [0.4, 0.5) is 19.0 Å². The summed E-state index contributed by atoms with van der Waals surface area (Å²) in [5, 5.41) is 10.0. The number of anilines is 1. The molecule has 0 radical (unpaired) electrons. The third-order valence-electron chi connectivity index (χ3n) is 6.37. The maximum absolute atomic E-state index is 12.9. The third-order valence-corrected chi connectivity index (χ3v) is 7.03. The molecule has 1 N–H and O–H groups in total. The van der Waals surface area contributed by atoms with Crippen molar-refractivity contribution in [1.29, 1.82) is 0 Å². The van der Waals surface area contributed by atoms with Crippen molar-refractivity contribution < 1.29 is 27.9 Å².